The maximum absolute atomic E-state index is 11.1. The lowest BCUT2D eigenvalue weighted by Gasteiger charge is -2.27. The summed E-state index contributed by atoms with van der Waals surface area (Å²) in [6, 6.07) is 0. The van der Waals surface area contributed by atoms with Crippen molar-refractivity contribution in [1.82, 2.24) is 0 Å². The first-order valence-electron chi connectivity index (χ1n) is 5.73. The highest BCUT2D eigenvalue weighted by Crippen LogP contribution is 2.09. The largest absolute Gasteiger partial charge is 0.430 e. The predicted molar refractivity (Wildman–Crippen MR) is 62.6 cm³/mol. The van der Waals surface area contributed by atoms with Crippen molar-refractivity contribution in [3.63, 3.8) is 0 Å². The fourth-order valence-corrected chi connectivity index (χ4v) is 1.15. The molecule has 0 bridgehead atoms. The van der Waals surface area contributed by atoms with Crippen molar-refractivity contribution in [3.05, 3.63) is 12.2 Å². The molecule has 0 rings (SSSR count). The van der Waals surface area contributed by atoms with Gasteiger partial charge in [-0.1, -0.05) is 13.0 Å². The molecule has 6 N–H and O–H groups in total. The zero-order valence-electron chi connectivity index (χ0n) is 10.5. The van der Waals surface area contributed by atoms with E-state index >= 15 is 0 Å². The quantitative estimate of drug-likeness (QED) is 0.159. The van der Waals surface area contributed by atoms with E-state index in [1.165, 1.54) is 6.08 Å². The van der Waals surface area contributed by atoms with E-state index in [1.54, 1.807) is 6.92 Å². The second-order valence-electron chi connectivity index (χ2n) is 3.86. The van der Waals surface area contributed by atoms with Crippen LogP contribution in [-0.4, -0.2) is 73.9 Å². The number of rotatable bonds is 8. The van der Waals surface area contributed by atoms with Gasteiger partial charge in [0, 0.05) is 6.08 Å². The summed E-state index contributed by atoms with van der Waals surface area (Å²) in [5.74, 6) is -0.933. The number of hydrogen-bond acceptors (Lipinski definition) is 8. The van der Waals surface area contributed by atoms with Gasteiger partial charge in [0.05, 0.1) is 6.61 Å². The number of allylic oxidation sites excluding steroid dienone is 1. The molecule has 0 heterocycles. The van der Waals surface area contributed by atoms with E-state index in [0.29, 0.717) is 6.42 Å². The van der Waals surface area contributed by atoms with Crippen molar-refractivity contribution in [2.75, 3.05) is 6.61 Å². The lowest BCUT2D eigenvalue weighted by atomic mass is 10.0. The predicted octanol–water partition coefficient (Wildman–Crippen LogP) is -2.75. The van der Waals surface area contributed by atoms with E-state index in [1.807, 2.05) is 0 Å². The van der Waals surface area contributed by atoms with Gasteiger partial charge in [0.1, 0.15) is 24.4 Å². The van der Waals surface area contributed by atoms with Crippen LogP contribution >= 0.6 is 0 Å². The Morgan fingerprint density at radius 2 is 1.68 bits per heavy atom. The minimum atomic E-state index is -2.08. The standard InChI is InChI=1S/C11H20O8/c1-2-3-4-7(14)19-11(18)10(17)9(16)8(15)6(13)5-12/h3-4,6,8-13,15-18H,2,5H2,1H3/b4-3+/t6-,8+,9+,10+,11?/m0/s1. The number of esters is 1. The van der Waals surface area contributed by atoms with Crippen molar-refractivity contribution in [2.24, 2.45) is 0 Å². The number of hydrogen-bond donors (Lipinski definition) is 6. The van der Waals surface area contributed by atoms with Crippen LogP contribution < -0.4 is 0 Å². The van der Waals surface area contributed by atoms with Crippen molar-refractivity contribution < 1.29 is 40.2 Å². The van der Waals surface area contributed by atoms with Gasteiger partial charge in [0.2, 0.25) is 6.29 Å². The molecule has 1 unspecified atom stereocenters. The van der Waals surface area contributed by atoms with E-state index in [0.717, 1.165) is 6.08 Å². The zero-order chi connectivity index (χ0) is 15.0. The van der Waals surface area contributed by atoms with Crippen molar-refractivity contribution in [3.8, 4) is 0 Å². The summed E-state index contributed by atoms with van der Waals surface area (Å²) < 4.78 is 4.36. The van der Waals surface area contributed by atoms with E-state index in [-0.39, 0.29) is 0 Å². The van der Waals surface area contributed by atoms with Crippen LogP contribution in [0.25, 0.3) is 0 Å². The Morgan fingerprint density at radius 1 is 1.11 bits per heavy atom. The molecular weight excluding hydrogens is 260 g/mol. The summed E-state index contributed by atoms with van der Waals surface area (Å²) in [5.41, 5.74) is 0. The Kier molecular flexibility index (Phi) is 8.48. The van der Waals surface area contributed by atoms with Crippen LogP contribution in [0.3, 0.4) is 0 Å². The highest BCUT2D eigenvalue weighted by atomic mass is 16.6. The van der Waals surface area contributed by atoms with E-state index < -0.39 is 43.3 Å². The second kappa shape index (κ2) is 8.97. The third-order valence-electron chi connectivity index (χ3n) is 2.30. The summed E-state index contributed by atoms with van der Waals surface area (Å²) >= 11 is 0. The molecule has 0 radical (unpaired) electrons. The van der Waals surface area contributed by atoms with Gasteiger partial charge in [-0.3, -0.25) is 0 Å². The number of carbonyl (C=O) groups excluding carboxylic acids is 1. The van der Waals surface area contributed by atoms with Gasteiger partial charge in [-0.15, -0.1) is 0 Å². The minimum Gasteiger partial charge on any atom is -0.430 e. The first-order chi connectivity index (χ1) is 8.84. The number of carbonyl (C=O) groups is 1. The third kappa shape index (κ3) is 6.10. The Labute approximate surface area is 110 Å². The van der Waals surface area contributed by atoms with Crippen LogP contribution in [0.15, 0.2) is 12.2 Å². The first-order valence-corrected chi connectivity index (χ1v) is 5.73. The Bertz CT molecular complexity index is 292. The van der Waals surface area contributed by atoms with E-state index in [2.05, 4.69) is 4.74 Å². The lowest BCUT2D eigenvalue weighted by molar-refractivity contribution is -0.210. The number of aliphatic hydroxyl groups is 6. The van der Waals surface area contributed by atoms with Gasteiger partial charge in [-0.25, -0.2) is 4.79 Å². The fourth-order valence-electron chi connectivity index (χ4n) is 1.15. The molecule has 0 spiro atoms. The summed E-state index contributed by atoms with van der Waals surface area (Å²) in [5, 5.41) is 55.1. The van der Waals surface area contributed by atoms with Crippen LogP contribution in [0.5, 0.6) is 0 Å². The molecular formula is C11H20O8. The molecule has 5 atom stereocenters. The van der Waals surface area contributed by atoms with Crippen LogP contribution in [0.1, 0.15) is 13.3 Å². The molecule has 0 aliphatic rings. The average Bonchev–Trinajstić information content (AvgIpc) is 2.41. The molecule has 19 heavy (non-hydrogen) atoms. The SMILES string of the molecule is CC/C=C/C(=O)OC(O)[C@H](O)[C@H](O)[C@H](O)[C@@H](O)CO. The van der Waals surface area contributed by atoms with Gasteiger partial charge < -0.3 is 35.4 Å². The monoisotopic (exact) mass is 280 g/mol. The van der Waals surface area contributed by atoms with E-state index in [9.17, 15) is 25.2 Å². The van der Waals surface area contributed by atoms with Crippen molar-refractivity contribution in [1.29, 1.82) is 0 Å². The molecule has 0 saturated carbocycles. The molecule has 0 aliphatic heterocycles. The van der Waals surface area contributed by atoms with Crippen LogP contribution in [0, 0.1) is 0 Å². The highest BCUT2D eigenvalue weighted by Gasteiger charge is 2.35. The summed E-state index contributed by atoms with van der Waals surface area (Å²) in [4.78, 5) is 11.1. The van der Waals surface area contributed by atoms with Gasteiger partial charge in [0.25, 0.3) is 0 Å². The molecule has 0 aliphatic carbocycles. The first kappa shape index (κ1) is 18.0. The van der Waals surface area contributed by atoms with E-state index in [4.69, 9.17) is 10.2 Å². The topological polar surface area (TPSA) is 148 Å². The molecule has 0 amide bonds. The molecule has 0 aromatic carbocycles. The average molecular weight is 280 g/mol. The van der Waals surface area contributed by atoms with Crippen molar-refractivity contribution >= 4 is 5.97 Å². The van der Waals surface area contributed by atoms with Crippen molar-refractivity contribution in [2.45, 2.75) is 44.1 Å². The number of aliphatic hydroxyl groups excluding tert-OH is 6. The lowest BCUT2D eigenvalue weighted by Crippen LogP contribution is -2.50. The van der Waals surface area contributed by atoms with Crippen LogP contribution in [0.4, 0.5) is 0 Å². The maximum atomic E-state index is 11.1. The Morgan fingerprint density at radius 3 is 2.16 bits per heavy atom. The Hall–Kier alpha value is -1.03. The smallest absolute Gasteiger partial charge is 0.332 e. The minimum absolute atomic E-state index is 0.567. The van der Waals surface area contributed by atoms with Crippen LogP contribution in [-0.2, 0) is 9.53 Å². The second-order valence-corrected chi connectivity index (χ2v) is 3.86. The molecule has 0 saturated heterocycles. The van der Waals surface area contributed by atoms with Gasteiger partial charge in [-0.05, 0) is 6.42 Å². The Balaban J connectivity index is 4.42. The van der Waals surface area contributed by atoms with Gasteiger partial charge in [-0.2, -0.15) is 0 Å². The zero-order valence-corrected chi connectivity index (χ0v) is 10.5. The van der Waals surface area contributed by atoms with Gasteiger partial charge in [0.15, 0.2) is 0 Å². The summed E-state index contributed by atoms with van der Waals surface area (Å²) in [6.45, 7) is 0.922. The molecule has 112 valence electrons. The van der Waals surface area contributed by atoms with Gasteiger partial charge >= 0.3 is 5.97 Å². The van der Waals surface area contributed by atoms with Crippen LogP contribution in [0.2, 0.25) is 0 Å². The summed E-state index contributed by atoms with van der Waals surface area (Å²) in [6.07, 6.45) is -6.66. The number of ether oxygens (including phenoxy) is 1. The molecule has 8 heteroatoms. The third-order valence-corrected chi connectivity index (χ3v) is 2.30. The molecule has 0 aromatic heterocycles. The fraction of sp³-hybridized carbons (Fsp3) is 0.727. The summed E-state index contributed by atoms with van der Waals surface area (Å²) in [7, 11) is 0. The highest BCUT2D eigenvalue weighted by molar-refractivity contribution is 5.81. The molecule has 0 aromatic rings. The molecule has 8 nitrogen and oxygen atoms in total. The molecule has 0 fully saturated rings. The maximum Gasteiger partial charge on any atom is 0.332 e. The normalized spacial score (nSPS) is 19.7.